The van der Waals surface area contributed by atoms with Crippen molar-refractivity contribution in [3.63, 3.8) is 0 Å². The second kappa shape index (κ2) is 7.67. The number of ether oxygens (including phenoxy) is 2. The molecule has 0 aliphatic heterocycles. The predicted molar refractivity (Wildman–Crippen MR) is 97.8 cm³/mol. The van der Waals surface area contributed by atoms with Crippen LogP contribution in [0.1, 0.15) is 21.9 Å². The molecular formula is C18H19F2N5O3. The summed E-state index contributed by atoms with van der Waals surface area (Å²) in [6.45, 7) is 0.755. The number of halogens is 2. The summed E-state index contributed by atoms with van der Waals surface area (Å²) in [5.74, 6) is -0.530. The van der Waals surface area contributed by atoms with Crippen molar-refractivity contribution in [1.82, 2.24) is 20.0 Å². The first-order chi connectivity index (χ1) is 13.3. The highest BCUT2D eigenvalue weighted by Gasteiger charge is 2.18. The molecule has 0 saturated heterocycles. The molecule has 8 nitrogen and oxygen atoms in total. The van der Waals surface area contributed by atoms with Gasteiger partial charge in [0.05, 0.1) is 18.5 Å². The fraction of sp³-hybridized carbons (Fsp3) is 0.278. The monoisotopic (exact) mass is 391 g/mol. The lowest BCUT2D eigenvalue weighted by atomic mass is 10.1. The molecule has 0 aliphatic carbocycles. The van der Waals surface area contributed by atoms with Crippen LogP contribution in [0, 0.1) is 13.8 Å². The zero-order valence-corrected chi connectivity index (χ0v) is 15.7. The van der Waals surface area contributed by atoms with Crippen molar-refractivity contribution in [2.75, 3.05) is 12.4 Å². The largest absolute Gasteiger partial charge is 0.493 e. The molecule has 0 unspecified atom stereocenters. The number of amides is 1. The smallest absolute Gasteiger partial charge is 0.387 e. The highest BCUT2D eigenvalue weighted by atomic mass is 19.3. The minimum atomic E-state index is -3.01. The maximum absolute atomic E-state index is 12.5. The normalized spacial score (nSPS) is 11.0. The van der Waals surface area contributed by atoms with Gasteiger partial charge in [-0.2, -0.15) is 19.0 Å². The molecule has 1 aromatic carbocycles. The van der Waals surface area contributed by atoms with Crippen LogP contribution in [0.4, 0.5) is 14.5 Å². The number of rotatable bonds is 6. The van der Waals surface area contributed by atoms with Gasteiger partial charge in [0.25, 0.3) is 5.91 Å². The lowest BCUT2D eigenvalue weighted by Crippen LogP contribution is -2.13. The lowest BCUT2D eigenvalue weighted by Gasteiger charge is -2.11. The van der Waals surface area contributed by atoms with E-state index in [1.165, 1.54) is 25.3 Å². The Balaban J connectivity index is 1.82. The standard InChI is InChI=1S/C18H19F2N5O3/c1-9-16(10(2)25(3)24-9)12-8-13(23-22-12)17(26)21-11-5-6-14(27-4)15(7-11)28-18(19)20/h5-8,18H,1-4H3,(H,21,26)(H,22,23). The molecule has 0 saturated carbocycles. The van der Waals surface area contributed by atoms with Gasteiger partial charge < -0.3 is 14.8 Å². The average Bonchev–Trinajstić information content (AvgIpc) is 3.20. The van der Waals surface area contributed by atoms with Gasteiger partial charge in [0.15, 0.2) is 11.5 Å². The van der Waals surface area contributed by atoms with E-state index in [2.05, 4.69) is 25.3 Å². The van der Waals surface area contributed by atoms with Gasteiger partial charge in [-0.25, -0.2) is 0 Å². The quantitative estimate of drug-likeness (QED) is 0.673. The number of carbonyl (C=O) groups is 1. The molecule has 3 aromatic rings. The van der Waals surface area contributed by atoms with E-state index in [-0.39, 0.29) is 22.9 Å². The summed E-state index contributed by atoms with van der Waals surface area (Å²) in [4.78, 5) is 12.5. The average molecular weight is 391 g/mol. The number of aryl methyl sites for hydroxylation is 2. The maximum Gasteiger partial charge on any atom is 0.387 e. The van der Waals surface area contributed by atoms with E-state index in [1.54, 1.807) is 10.7 Å². The van der Waals surface area contributed by atoms with Crippen LogP contribution in [0.15, 0.2) is 24.3 Å². The number of benzene rings is 1. The molecule has 1 amide bonds. The maximum atomic E-state index is 12.5. The van der Waals surface area contributed by atoms with Gasteiger partial charge in [0, 0.05) is 30.1 Å². The first kappa shape index (κ1) is 19.3. The Morgan fingerprint density at radius 3 is 2.61 bits per heavy atom. The van der Waals surface area contributed by atoms with E-state index in [0.29, 0.717) is 5.69 Å². The summed E-state index contributed by atoms with van der Waals surface area (Å²) < 4.78 is 36.2. The Kier molecular flexibility index (Phi) is 5.30. The fourth-order valence-electron chi connectivity index (χ4n) is 2.85. The number of aromatic amines is 1. The van der Waals surface area contributed by atoms with Gasteiger partial charge >= 0.3 is 6.61 Å². The van der Waals surface area contributed by atoms with Crippen LogP contribution in [0.25, 0.3) is 11.3 Å². The number of nitrogens with one attached hydrogen (secondary N) is 2. The van der Waals surface area contributed by atoms with E-state index in [1.807, 2.05) is 20.9 Å². The third-order valence-electron chi connectivity index (χ3n) is 4.23. The first-order valence-electron chi connectivity index (χ1n) is 8.30. The molecule has 28 heavy (non-hydrogen) atoms. The lowest BCUT2D eigenvalue weighted by molar-refractivity contribution is -0.0511. The molecule has 0 atom stereocenters. The molecule has 2 N–H and O–H groups in total. The SMILES string of the molecule is COc1ccc(NC(=O)c2cc(-c3c(C)nn(C)c3C)n[nH]2)cc1OC(F)F. The van der Waals surface area contributed by atoms with E-state index in [9.17, 15) is 13.6 Å². The van der Waals surface area contributed by atoms with Gasteiger partial charge in [0.2, 0.25) is 0 Å². The predicted octanol–water partition coefficient (Wildman–Crippen LogP) is 3.29. The zero-order valence-electron chi connectivity index (χ0n) is 15.7. The molecule has 0 spiro atoms. The second-order valence-electron chi connectivity index (χ2n) is 6.03. The minimum absolute atomic E-state index is 0.129. The molecule has 148 valence electrons. The Bertz CT molecular complexity index is 1010. The molecule has 3 rings (SSSR count). The number of hydrogen-bond donors (Lipinski definition) is 2. The molecule has 2 aromatic heterocycles. The van der Waals surface area contributed by atoms with Crippen molar-refractivity contribution in [3.05, 3.63) is 41.3 Å². The summed E-state index contributed by atoms with van der Waals surface area (Å²) >= 11 is 0. The van der Waals surface area contributed by atoms with Crippen LogP contribution in [0.5, 0.6) is 11.5 Å². The highest BCUT2D eigenvalue weighted by Crippen LogP contribution is 2.32. The van der Waals surface area contributed by atoms with Crippen LogP contribution in [0.2, 0.25) is 0 Å². The Morgan fingerprint density at radius 2 is 2.00 bits per heavy atom. The van der Waals surface area contributed by atoms with Crippen molar-refractivity contribution in [3.8, 4) is 22.8 Å². The number of anilines is 1. The number of alkyl halides is 2. The summed E-state index contributed by atoms with van der Waals surface area (Å²) in [6, 6.07) is 5.80. The molecule has 0 bridgehead atoms. The van der Waals surface area contributed by atoms with E-state index in [4.69, 9.17) is 4.74 Å². The van der Waals surface area contributed by atoms with E-state index in [0.717, 1.165) is 17.0 Å². The highest BCUT2D eigenvalue weighted by molar-refractivity contribution is 6.03. The molecule has 10 heteroatoms. The van der Waals surface area contributed by atoms with Crippen LogP contribution >= 0.6 is 0 Å². The molecule has 2 heterocycles. The number of nitrogens with zero attached hydrogens (tertiary/aromatic N) is 3. The van der Waals surface area contributed by atoms with Crippen molar-refractivity contribution < 1.29 is 23.0 Å². The van der Waals surface area contributed by atoms with Gasteiger partial charge in [-0.3, -0.25) is 14.6 Å². The Hall–Kier alpha value is -3.43. The van der Waals surface area contributed by atoms with Crippen molar-refractivity contribution >= 4 is 11.6 Å². The fourth-order valence-corrected chi connectivity index (χ4v) is 2.85. The summed E-state index contributed by atoms with van der Waals surface area (Å²) in [6.07, 6.45) is 0. The molecular weight excluding hydrogens is 372 g/mol. The number of hydrogen-bond acceptors (Lipinski definition) is 5. The van der Waals surface area contributed by atoms with E-state index >= 15 is 0 Å². The topological polar surface area (TPSA) is 94.1 Å². The second-order valence-corrected chi connectivity index (χ2v) is 6.03. The van der Waals surface area contributed by atoms with Crippen LogP contribution in [-0.4, -0.2) is 39.6 Å². The summed E-state index contributed by atoms with van der Waals surface area (Å²) in [5.41, 5.74) is 3.62. The number of carbonyl (C=O) groups excluding carboxylic acids is 1. The number of H-pyrrole nitrogens is 1. The van der Waals surface area contributed by atoms with Crippen LogP contribution in [-0.2, 0) is 7.05 Å². The third-order valence-corrected chi connectivity index (χ3v) is 4.23. The number of aromatic nitrogens is 4. The van der Waals surface area contributed by atoms with Crippen LogP contribution < -0.4 is 14.8 Å². The van der Waals surface area contributed by atoms with Crippen LogP contribution in [0.3, 0.4) is 0 Å². The zero-order chi connectivity index (χ0) is 20.4. The Morgan fingerprint density at radius 1 is 1.25 bits per heavy atom. The van der Waals surface area contributed by atoms with Gasteiger partial charge in [0.1, 0.15) is 5.69 Å². The summed E-state index contributed by atoms with van der Waals surface area (Å²) in [7, 11) is 3.16. The van der Waals surface area contributed by atoms with Crippen molar-refractivity contribution in [1.29, 1.82) is 0 Å². The van der Waals surface area contributed by atoms with Crippen molar-refractivity contribution in [2.45, 2.75) is 20.5 Å². The molecule has 0 radical (unpaired) electrons. The molecule has 0 aliphatic rings. The van der Waals surface area contributed by atoms with E-state index < -0.39 is 12.5 Å². The Labute approximate surface area is 159 Å². The van der Waals surface area contributed by atoms with Crippen molar-refractivity contribution in [2.24, 2.45) is 7.05 Å². The third kappa shape index (κ3) is 3.80. The van der Waals surface area contributed by atoms with Gasteiger partial charge in [-0.1, -0.05) is 0 Å². The molecule has 0 fully saturated rings. The number of methoxy groups -OCH3 is 1. The van der Waals surface area contributed by atoms with Gasteiger partial charge in [-0.15, -0.1) is 0 Å². The van der Waals surface area contributed by atoms with Gasteiger partial charge in [-0.05, 0) is 32.0 Å². The summed E-state index contributed by atoms with van der Waals surface area (Å²) in [5, 5.41) is 13.8. The first-order valence-corrected chi connectivity index (χ1v) is 8.30. The minimum Gasteiger partial charge on any atom is -0.493 e.